The first-order valence-corrected chi connectivity index (χ1v) is 11.7. The number of piperazine rings is 1. The maximum absolute atomic E-state index is 11.2. The second-order valence-corrected chi connectivity index (χ2v) is 9.04. The number of ether oxygens (including phenoxy) is 4. The minimum absolute atomic E-state index is 0.165. The van der Waals surface area contributed by atoms with Gasteiger partial charge < -0.3 is 29.2 Å². The molecular weight excluding hydrogens is 412 g/mol. The van der Waals surface area contributed by atoms with Gasteiger partial charge in [-0.3, -0.25) is 9.80 Å². The SMILES string of the molecule is COc1cc(OCC(O)CN2CCN(C(C)(O)C3CCCCC3)CC2)cc(OC)c1OC. The van der Waals surface area contributed by atoms with Gasteiger partial charge in [0, 0.05) is 50.8 Å². The van der Waals surface area contributed by atoms with Gasteiger partial charge in [0.15, 0.2) is 11.5 Å². The number of β-amino-alcohol motifs (C(OH)–C–C–N with tert-alkyl or cyclic N) is 1. The minimum Gasteiger partial charge on any atom is -0.493 e. The van der Waals surface area contributed by atoms with E-state index in [0.717, 1.165) is 39.0 Å². The summed E-state index contributed by atoms with van der Waals surface area (Å²) < 4.78 is 21.8. The van der Waals surface area contributed by atoms with E-state index in [1.807, 2.05) is 6.92 Å². The van der Waals surface area contributed by atoms with Crippen LogP contribution in [0.4, 0.5) is 0 Å². The Morgan fingerprint density at radius 1 is 0.969 bits per heavy atom. The summed E-state index contributed by atoms with van der Waals surface area (Å²) in [5.74, 6) is 2.44. The van der Waals surface area contributed by atoms with E-state index >= 15 is 0 Å². The number of hydrogen-bond acceptors (Lipinski definition) is 8. The zero-order valence-electron chi connectivity index (χ0n) is 20.0. The number of rotatable bonds is 10. The maximum Gasteiger partial charge on any atom is 0.203 e. The van der Waals surface area contributed by atoms with Gasteiger partial charge in [-0.25, -0.2) is 0 Å². The van der Waals surface area contributed by atoms with Crippen molar-refractivity contribution in [2.75, 3.05) is 60.7 Å². The zero-order chi connectivity index (χ0) is 23.1. The van der Waals surface area contributed by atoms with Crippen LogP contribution in [0.2, 0.25) is 0 Å². The molecule has 1 saturated carbocycles. The van der Waals surface area contributed by atoms with E-state index in [2.05, 4.69) is 9.80 Å². The van der Waals surface area contributed by atoms with E-state index in [-0.39, 0.29) is 6.61 Å². The standard InChI is InChI=1S/C24H40N2O6/c1-24(28,18-8-6-5-7-9-18)26-12-10-25(11-13-26)16-19(27)17-32-20-14-21(29-2)23(31-4)22(15-20)30-3/h14-15,18-19,27-28H,5-13,16-17H2,1-4H3. The largest absolute Gasteiger partial charge is 0.493 e. The van der Waals surface area contributed by atoms with Gasteiger partial charge in [0.25, 0.3) is 0 Å². The Hall–Kier alpha value is -1.74. The molecule has 1 saturated heterocycles. The highest BCUT2D eigenvalue weighted by molar-refractivity contribution is 5.55. The fraction of sp³-hybridized carbons (Fsp3) is 0.750. The summed E-state index contributed by atoms with van der Waals surface area (Å²) in [5, 5.41) is 21.7. The van der Waals surface area contributed by atoms with Gasteiger partial charge in [-0.05, 0) is 19.8 Å². The molecule has 0 amide bonds. The quantitative estimate of drug-likeness (QED) is 0.560. The van der Waals surface area contributed by atoms with E-state index in [1.165, 1.54) is 19.3 Å². The molecule has 182 valence electrons. The number of benzene rings is 1. The highest BCUT2D eigenvalue weighted by Crippen LogP contribution is 2.41. The van der Waals surface area contributed by atoms with Crippen molar-refractivity contribution in [2.45, 2.75) is 50.9 Å². The molecule has 2 aliphatic rings. The van der Waals surface area contributed by atoms with Gasteiger partial charge in [0.1, 0.15) is 24.2 Å². The van der Waals surface area contributed by atoms with Crippen molar-refractivity contribution >= 4 is 0 Å². The lowest BCUT2D eigenvalue weighted by molar-refractivity contribution is -0.156. The Morgan fingerprint density at radius 2 is 1.56 bits per heavy atom. The van der Waals surface area contributed by atoms with E-state index in [4.69, 9.17) is 18.9 Å². The third-order valence-electron chi connectivity index (χ3n) is 6.94. The fourth-order valence-corrected chi connectivity index (χ4v) is 4.97. The number of aliphatic hydroxyl groups excluding tert-OH is 1. The maximum atomic E-state index is 11.2. The summed E-state index contributed by atoms with van der Waals surface area (Å²) >= 11 is 0. The van der Waals surface area contributed by atoms with Crippen LogP contribution in [-0.4, -0.2) is 92.5 Å². The van der Waals surface area contributed by atoms with Gasteiger partial charge >= 0.3 is 0 Å². The molecule has 0 radical (unpaired) electrons. The van der Waals surface area contributed by atoms with Crippen molar-refractivity contribution in [2.24, 2.45) is 5.92 Å². The number of hydrogen-bond donors (Lipinski definition) is 2. The summed E-state index contributed by atoms with van der Waals surface area (Å²) in [7, 11) is 4.67. The molecule has 1 aliphatic heterocycles. The van der Waals surface area contributed by atoms with Crippen LogP contribution in [0.3, 0.4) is 0 Å². The highest BCUT2D eigenvalue weighted by Gasteiger charge is 2.39. The van der Waals surface area contributed by atoms with Crippen LogP contribution in [0, 0.1) is 5.92 Å². The molecule has 32 heavy (non-hydrogen) atoms. The third kappa shape index (κ3) is 5.98. The monoisotopic (exact) mass is 452 g/mol. The van der Waals surface area contributed by atoms with Crippen molar-refractivity contribution in [3.05, 3.63) is 12.1 Å². The lowest BCUT2D eigenvalue weighted by atomic mass is 9.81. The normalized spacial score (nSPS) is 21.6. The molecule has 1 aliphatic carbocycles. The molecule has 2 N–H and O–H groups in total. The first kappa shape index (κ1) is 24.9. The van der Waals surface area contributed by atoms with Crippen LogP contribution in [0.15, 0.2) is 12.1 Å². The average Bonchev–Trinajstić information content (AvgIpc) is 2.82. The van der Waals surface area contributed by atoms with Crippen LogP contribution in [0.1, 0.15) is 39.0 Å². The van der Waals surface area contributed by atoms with Gasteiger partial charge in [0.2, 0.25) is 5.75 Å². The Bertz CT molecular complexity index is 689. The minimum atomic E-state index is -0.735. The lowest BCUT2D eigenvalue weighted by Crippen LogP contribution is -2.59. The zero-order valence-corrected chi connectivity index (χ0v) is 20.0. The molecule has 1 aromatic carbocycles. The second-order valence-electron chi connectivity index (χ2n) is 9.04. The smallest absolute Gasteiger partial charge is 0.203 e. The lowest BCUT2D eigenvalue weighted by Gasteiger charge is -2.47. The highest BCUT2D eigenvalue weighted by atomic mass is 16.5. The summed E-state index contributed by atoms with van der Waals surface area (Å²) in [4.78, 5) is 4.45. The Kier molecular flexibility index (Phi) is 8.87. The van der Waals surface area contributed by atoms with Crippen LogP contribution in [0.5, 0.6) is 23.0 Å². The van der Waals surface area contributed by atoms with Crippen LogP contribution >= 0.6 is 0 Å². The number of methoxy groups -OCH3 is 3. The summed E-state index contributed by atoms with van der Waals surface area (Å²) in [6.45, 7) is 5.95. The van der Waals surface area contributed by atoms with Gasteiger partial charge in [-0.1, -0.05) is 19.3 Å². The Labute approximate surface area is 192 Å². The van der Waals surface area contributed by atoms with Crippen molar-refractivity contribution in [3.8, 4) is 23.0 Å². The van der Waals surface area contributed by atoms with Crippen molar-refractivity contribution in [1.29, 1.82) is 0 Å². The molecule has 0 bridgehead atoms. The van der Waals surface area contributed by atoms with Crippen LogP contribution < -0.4 is 18.9 Å². The predicted molar refractivity (Wildman–Crippen MR) is 123 cm³/mol. The molecule has 8 nitrogen and oxygen atoms in total. The summed E-state index contributed by atoms with van der Waals surface area (Å²) in [6, 6.07) is 3.44. The molecule has 1 aromatic rings. The van der Waals surface area contributed by atoms with E-state index in [0.29, 0.717) is 35.5 Å². The second kappa shape index (κ2) is 11.4. The van der Waals surface area contributed by atoms with Crippen LogP contribution in [0.25, 0.3) is 0 Å². The molecule has 8 heteroatoms. The van der Waals surface area contributed by atoms with Crippen molar-refractivity contribution in [1.82, 2.24) is 9.80 Å². The molecule has 2 atom stereocenters. The van der Waals surface area contributed by atoms with E-state index in [1.54, 1.807) is 33.5 Å². The fourth-order valence-electron chi connectivity index (χ4n) is 4.97. The van der Waals surface area contributed by atoms with Crippen molar-refractivity contribution < 1.29 is 29.2 Å². The van der Waals surface area contributed by atoms with E-state index in [9.17, 15) is 10.2 Å². The average molecular weight is 453 g/mol. The molecule has 1 heterocycles. The number of aliphatic hydroxyl groups is 2. The molecule has 2 fully saturated rings. The molecule has 3 rings (SSSR count). The number of nitrogens with zero attached hydrogens (tertiary/aromatic N) is 2. The molecule has 2 unspecified atom stereocenters. The molecular formula is C24H40N2O6. The first-order valence-electron chi connectivity index (χ1n) is 11.7. The van der Waals surface area contributed by atoms with Crippen molar-refractivity contribution in [3.63, 3.8) is 0 Å². The van der Waals surface area contributed by atoms with Gasteiger partial charge in [-0.15, -0.1) is 0 Å². The molecule has 0 aromatic heterocycles. The first-order chi connectivity index (χ1) is 15.4. The molecule has 0 spiro atoms. The summed E-state index contributed by atoms with van der Waals surface area (Å²) in [5.41, 5.74) is -0.735. The van der Waals surface area contributed by atoms with Gasteiger partial charge in [-0.2, -0.15) is 0 Å². The van der Waals surface area contributed by atoms with E-state index < -0.39 is 11.8 Å². The predicted octanol–water partition coefficient (Wildman–Crippen LogP) is 2.36. The van der Waals surface area contributed by atoms with Crippen LogP contribution in [-0.2, 0) is 0 Å². The topological polar surface area (TPSA) is 83.9 Å². The van der Waals surface area contributed by atoms with Gasteiger partial charge in [0.05, 0.1) is 21.3 Å². The summed E-state index contributed by atoms with van der Waals surface area (Å²) in [6.07, 6.45) is 5.34. The Balaban J connectivity index is 1.47. The third-order valence-corrected chi connectivity index (χ3v) is 6.94. The Morgan fingerprint density at radius 3 is 2.09 bits per heavy atom.